The van der Waals surface area contributed by atoms with Gasteiger partial charge in [0.2, 0.25) is 0 Å². The monoisotopic (exact) mass is 322 g/mol. The van der Waals surface area contributed by atoms with Crippen molar-refractivity contribution in [1.82, 2.24) is 20.1 Å². The molecule has 112 valence electrons. The highest BCUT2D eigenvalue weighted by molar-refractivity contribution is 7.99. The van der Waals surface area contributed by atoms with Crippen molar-refractivity contribution < 1.29 is 0 Å². The molecule has 0 amide bonds. The molecular weight excluding hydrogens is 304 g/mol. The zero-order valence-corrected chi connectivity index (χ0v) is 13.6. The number of fused-ring (bicyclic) bond motifs is 1. The molecule has 1 aliphatic heterocycles. The number of thioether (sulfide) groups is 1. The Kier molecular flexibility index (Phi) is 4.83. The molecule has 0 aliphatic carbocycles. The van der Waals surface area contributed by atoms with E-state index in [-0.39, 0.29) is 0 Å². The van der Waals surface area contributed by atoms with Crippen LogP contribution in [0.15, 0.2) is 35.7 Å². The Balaban J connectivity index is 1.61. The van der Waals surface area contributed by atoms with Gasteiger partial charge in [-0.2, -0.15) is 5.10 Å². The van der Waals surface area contributed by atoms with Gasteiger partial charge >= 0.3 is 0 Å². The van der Waals surface area contributed by atoms with Crippen LogP contribution in [-0.4, -0.2) is 26.6 Å². The summed E-state index contributed by atoms with van der Waals surface area (Å²) in [5, 5.41) is 8.69. The van der Waals surface area contributed by atoms with Gasteiger partial charge < -0.3 is 5.32 Å². The lowest BCUT2D eigenvalue weighted by atomic mass is 10.0. The summed E-state index contributed by atoms with van der Waals surface area (Å²) in [6.07, 6.45) is 5.52. The van der Waals surface area contributed by atoms with Gasteiger partial charge in [-0.05, 0) is 49.3 Å². The first-order valence-corrected chi connectivity index (χ1v) is 8.59. The Morgan fingerprint density at radius 1 is 1.52 bits per heavy atom. The van der Waals surface area contributed by atoms with Crippen LogP contribution in [0.4, 0.5) is 0 Å². The van der Waals surface area contributed by atoms with Crippen LogP contribution in [0.1, 0.15) is 31.4 Å². The molecule has 0 fully saturated rings. The van der Waals surface area contributed by atoms with Gasteiger partial charge in [0.25, 0.3) is 0 Å². The van der Waals surface area contributed by atoms with E-state index in [9.17, 15) is 0 Å². The van der Waals surface area contributed by atoms with E-state index in [1.165, 1.54) is 10.5 Å². The average molecular weight is 323 g/mol. The second kappa shape index (κ2) is 6.81. The largest absolute Gasteiger partial charge is 0.307 e. The molecule has 0 radical (unpaired) electrons. The number of halogens is 1. The summed E-state index contributed by atoms with van der Waals surface area (Å²) in [6.45, 7) is 3.11. The molecule has 0 bridgehead atoms. The smallest absolute Gasteiger partial charge is 0.137 e. The maximum atomic E-state index is 6.15. The summed E-state index contributed by atoms with van der Waals surface area (Å²) >= 11 is 8.07. The minimum Gasteiger partial charge on any atom is -0.307 e. The molecule has 0 spiro atoms. The lowest BCUT2D eigenvalue weighted by molar-refractivity contribution is 0.397. The van der Waals surface area contributed by atoms with E-state index in [0.717, 1.165) is 30.2 Å². The predicted octanol–water partition coefficient (Wildman–Crippen LogP) is 3.54. The highest BCUT2D eigenvalue weighted by Crippen LogP contribution is 2.37. The van der Waals surface area contributed by atoms with E-state index < -0.39 is 0 Å². The van der Waals surface area contributed by atoms with Crippen LogP contribution < -0.4 is 5.32 Å². The molecule has 0 saturated carbocycles. The molecule has 1 aliphatic rings. The van der Waals surface area contributed by atoms with Crippen LogP contribution in [0.5, 0.6) is 0 Å². The van der Waals surface area contributed by atoms with Crippen LogP contribution >= 0.6 is 23.4 Å². The first-order valence-electron chi connectivity index (χ1n) is 7.23. The van der Waals surface area contributed by atoms with E-state index in [2.05, 4.69) is 34.5 Å². The molecule has 1 aromatic heterocycles. The summed E-state index contributed by atoms with van der Waals surface area (Å²) in [6, 6.07) is 7.03. The van der Waals surface area contributed by atoms with Crippen LogP contribution in [0.25, 0.3) is 0 Å². The minimum atomic E-state index is 0.394. The van der Waals surface area contributed by atoms with E-state index in [1.54, 1.807) is 12.7 Å². The lowest BCUT2D eigenvalue weighted by Crippen LogP contribution is -2.33. The van der Waals surface area contributed by atoms with Gasteiger partial charge in [0.05, 0.1) is 0 Å². The highest BCUT2D eigenvalue weighted by atomic mass is 35.5. The Bertz CT molecular complexity index is 587. The molecule has 2 aromatic rings. The van der Waals surface area contributed by atoms with Gasteiger partial charge in [-0.25, -0.2) is 4.98 Å². The molecule has 2 atom stereocenters. The van der Waals surface area contributed by atoms with Crippen LogP contribution in [-0.2, 0) is 6.54 Å². The molecule has 6 heteroatoms. The number of nitrogens with one attached hydrogen (secondary N) is 1. The third-order valence-corrected chi connectivity index (χ3v) is 5.11. The summed E-state index contributed by atoms with van der Waals surface area (Å²) in [5.74, 6) is 1.15. The molecular formula is C15H19ClN4S. The molecule has 3 rings (SSSR count). The maximum absolute atomic E-state index is 6.15. The fraction of sp³-hybridized carbons (Fsp3) is 0.467. The van der Waals surface area contributed by atoms with Crippen molar-refractivity contribution in [2.24, 2.45) is 0 Å². The zero-order valence-electron chi connectivity index (χ0n) is 12.0. The summed E-state index contributed by atoms with van der Waals surface area (Å²) in [5.41, 5.74) is 1.34. The van der Waals surface area contributed by atoms with Crippen LogP contribution in [0, 0.1) is 0 Å². The van der Waals surface area contributed by atoms with Crippen LogP contribution in [0.2, 0.25) is 5.02 Å². The quantitative estimate of drug-likeness (QED) is 0.914. The number of nitrogens with zero attached hydrogens (tertiary/aromatic N) is 3. The van der Waals surface area contributed by atoms with Gasteiger partial charge in [0.1, 0.15) is 12.7 Å². The molecule has 2 heterocycles. The van der Waals surface area contributed by atoms with Crippen molar-refractivity contribution in [2.45, 2.75) is 43.3 Å². The summed E-state index contributed by atoms with van der Waals surface area (Å²) in [4.78, 5) is 5.32. The second-order valence-corrected chi connectivity index (χ2v) is 6.96. The third kappa shape index (κ3) is 3.78. The van der Waals surface area contributed by atoms with Gasteiger partial charge in [-0.3, -0.25) is 4.68 Å². The minimum absolute atomic E-state index is 0.394. The SMILES string of the molecule is C[C@@H](CCn1cncn1)N[C@H]1CCSc2ccc(Cl)cc21. The standard InChI is InChI=1S/C15H19ClN4S/c1-11(4-6-20-10-17-9-18-20)19-14-5-7-21-15-3-2-12(16)8-13(14)15/h2-3,8-11,14,19H,4-7H2,1H3/t11-,14-/m0/s1. The van der Waals surface area contributed by atoms with Crippen molar-refractivity contribution in [3.8, 4) is 0 Å². The van der Waals surface area contributed by atoms with Gasteiger partial charge in [-0.15, -0.1) is 11.8 Å². The van der Waals surface area contributed by atoms with E-state index in [4.69, 9.17) is 11.6 Å². The number of hydrogen-bond acceptors (Lipinski definition) is 4. The molecule has 1 aromatic carbocycles. The molecule has 1 N–H and O–H groups in total. The van der Waals surface area contributed by atoms with Gasteiger partial charge in [0.15, 0.2) is 0 Å². The zero-order chi connectivity index (χ0) is 14.7. The fourth-order valence-corrected chi connectivity index (χ4v) is 3.93. The Hall–Kier alpha value is -1.04. The summed E-state index contributed by atoms with van der Waals surface area (Å²) < 4.78 is 1.87. The van der Waals surface area contributed by atoms with E-state index >= 15 is 0 Å². The summed E-state index contributed by atoms with van der Waals surface area (Å²) in [7, 11) is 0. The fourth-order valence-electron chi connectivity index (χ4n) is 2.64. The second-order valence-electron chi connectivity index (χ2n) is 5.39. The van der Waals surface area contributed by atoms with Crippen molar-refractivity contribution in [3.05, 3.63) is 41.4 Å². The van der Waals surface area contributed by atoms with Crippen molar-refractivity contribution in [3.63, 3.8) is 0 Å². The predicted molar refractivity (Wildman–Crippen MR) is 86.8 cm³/mol. The van der Waals surface area contributed by atoms with Crippen molar-refractivity contribution in [1.29, 1.82) is 0 Å². The highest BCUT2D eigenvalue weighted by Gasteiger charge is 2.22. The van der Waals surface area contributed by atoms with Crippen LogP contribution in [0.3, 0.4) is 0 Å². The first-order chi connectivity index (χ1) is 10.2. The Morgan fingerprint density at radius 2 is 2.43 bits per heavy atom. The van der Waals surface area contributed by atoms with Crippen molar-refractivity contribution >= 4 is 23.4 Å². The van der Waals surface area contributed by atoms with Crippen molar-refractivity contribution in [2.75, 3.05) is 5.75 Å². The Labute approximate surface area is 134 Å². The number of hydrogen-bond donors (Lipinski definition) is 1. The van der Waals surface area contributed by atoms with E-state index in [0.29, 0.717) is 12.1 Å². The maximum Gasteiger partial charge on any atom is 0.137 e. The lowest BCUT2D eigenvalue weighted by Gasteiger charge is -2.29. The molecule has 4 nitrogen and oxygen atoms in total. The molecule has 0 unspecified atom stereocenters. The number of aromatic nitrogens is 3. The number of rotatable bonds is 5. The third-order valence-electron chi connectivity index (χ3n) is 3.75. The van der Waals surface area contributed by atoms with Gasteiger partial charge in [0, 0.05) is 28.5 Å². The Morgan fingerprint density at radius 3 is 3.24 bits per heavy atom. The first kappa shape index (κ1) is 14.9. The van der Waals surface area contributed by atoms with E-state index in [1.807, 2.05) is 22.5 Å². The van der Waals surface area contributed by atoms with Gasteiger partial charge in [-0.1, -0.05) is 11.6 Å². The molecule has 0 saturated heterocycles. The average Bonchev–Trinajstić information content (AvgIpc) is 2.99. The molecule has 21 heavy (non-hydrogen) atoms. The number of benzene rings is 1. The number of aryl methyl sites for hydroxylation is 1. The normalized spacial score (nSPS) is 19.2. The topological polar surface area (TPSA) is 42.7 Å².